The number of phenolic OH excluding ortho intramolecular Hbond substituents is 2. The molecule has 4 N–H and O–H groups in total. The molecule has 2 aromatic rings. The average Bonchev–Trinajstić information content (AvgIpc) is 2.70. The van der Waals surface area contributed by atoms with Crippen molar-refractivity contribution in [1.29, 1.82) is 0 Å². The number of carbonyl (C=O) groups is 2. The molecule has 0 spiro atoms. The number of rotatable bonds is 9. The van der Waals surface area contributed by atoms with Crippen molar-refractivity contribution in [3.05, 3.63) is 58.7 Å². The van der Waals surface area contributed by atoms with E-state index in [0.29, 0.717) is 6.42 Å². The summed E-state index contributed by atoms with van der Waals surface area (Å²) in [7, 11) is 0. The van der Waals surface area contributed by atoms with Crippen molar-refractivity contribution in [1.82, 2.24) is 0 Å². The molecule has 0 bridgehead atoms. The van der Waals surface area contributed by atoms with Gasteiger partial charge in [0.25, 0.3) is 0 Å². The van der Waals surface area contributed by atoms with Gasteiger partial charge < -0.3 is 20.4 Å². The van der Waals surface area contributed by atoms with E-state index in [1.165, 1.54) is 0 Å². The highest BCUT2D eigenvalue weighted by molar-refractivity contribution is 5.68. The van der Waals surface area contributed by atoms with Crippen molar-refractivity contribution in [3.63, 3.8) is 0 Å². The van der Waals surface area contributed by atoms with E-state index in [4.69, 9.17) is 0 Å². The molecular weight excluding hydrogens is 456 g/mol. The zero-order chi connectivity index (χ0) is 27.6. The average molecular weight is 499 g/mol. The van der Waals surface area contributed by atoms with Gasteiger partial charge in [0.05, 0.1) is 0 Å². The third-order valence-electron chi connectivity index (χ3n) is 7.15. The second-order valence-electron chi connectivity index (χ2n) is 12.3. The third kappa shape index (κ3) is 6.40. The number of aromatic hydroxyl groups is 2. The Kier molecular flexibility index (Phi) is 8.55. The quantitative estimate of drug-likeness (QED) is 0.310. The van der Waals surface area contributed by atoms with Crippen LogP contribution < -0.4 is 0 Å². The van der Waals surface area contributed by atoms with Gasteiger partial charge in [-0.05, 0) is 63.5 Å². The lowest BCUT2D eigenvalue weighted by molar-refractivity contribution is -0.140. The van der Waals surface area contributed by atoms with E-state index >= 15 is 0 Å². The predicted molar refractivity (Wildman–Crippen MR) is 142 cm³/mol. The minimum Gasteiger partial charge on any atom is -0.508 e. The Balaban J connectivity index is 3.00. The summed E-state index contributed by atoms with van der Waals surface area (Å²) in [4.78, 5) is 23.6. The maximum atomic E-state index is 12.0. The highest BCUT2D eigenvalue weighted by Gasteiger charge is 2.43. The first-order chi connectivity index (χ1) is 16.4. The summed E-state index contributed by atoms with van der Waals surface area (Å²) >= 11 is 0. The fourth-order valence-electron chi connectivity index (χ4n) is 5.36. The summed E-state index contributed by atoms with van der Waals surface area (Å²) in [5.74, 6) is -2.22. The largest absolute Gasteiger partial charge is 0.508 e. The van der Waals surface area contributed by atoms with Crippen LogP contribution in [0.15, 0.2) is 36.4 Å². The summed E-state index contributed by atoms with van der Waals surface area (Å²) in [6.45, 7) is 15.7. The molecule has 6 heteroatoms. The fourth-order valence-corrected chi connectivity index (χ4v) is 5.36. The van der Waals surface area contributed by atoms with Crippen LogP contribution in [0.2, 0.25) is 0 Å². The number of phenols is 2. The van der Waals surface area contributed by atoms with E-state index < -0.39 is 23.3 Å². The van der Waals surface area contributed by atoms with Gasteiger partial charge in [-0.25, -0.2) is 0 Å². The molecular formula is C30H42O6. The van der Waals surface area contributed by atoms with E-state index in [1.54, 1.807) is 12.1 Å². The number of carboxylic acids is 2. The van der Waals surface area contributed by atoms with Crippen LogP contribution in [0.1, 0.15) is 96.9 Å². The summed E-state index contributed by atoms with van der Waals surface area (Å²) in [5.41, 5.74) is 1.47. The second-order valence-corrected chi connectivity index (χ2v) is 12.3. The van der Waals surface area contributed by atoms with Gasteiger partial charge in [-0.2, -0.15) is 0 Å². The van der Waals surface area contributed by atoms with Crippen LogP contribution in [0.3, 0.4) is 0 Å². The van der Waals surface area contributed by atoms with Crippen LogP contribution in [0.4, 0.5) is 0 Å². The summed E-state index contributed by atoms with van der Waals surface area (Å²) in [5, 5.41) is 40.7. The molecule has 2 atom stereocenters. The summed E-state index contributed by atoms with van der Waals surface area (Å²) in [6, 6.07) is 10.8. The molecule has 2 unspecified atom stereocenters. The summed E-state index contributed by atoms with van der Waals surface area (Å²) in [6.07, 6.45) is 0.198. The van der Waals surface area contributed by atoms with Gasteiger partial charge in [0, 0.05) is 18.3 Å². The Bertz CT molecular complexity index is 1040. The maximum absolute atomic E-state index is 12.0. The molecule has 198 valence electrons. The van der Waals surface area contributed by atoms with Crippen molar-refractivity contribution >= 4 is 11.9 Å². The van der Waals surface area contributed by atoms with E-state index in [0.717, 1.165) is 22.3 Å². The summed E-state index contributed by atoms with van der Waals surface area (Å²) < 4.78 is 0. The lowest BCUT2D eigenvalue weighted by atomic mass is 9.60. The van der Waals surface area contributed by atoms with Gasteiger partial charge in [-0.15, -0.1) is 0 Å². The molecule has 0 aromatic heterocycles. The van der Waals surface area contributed by atoms with Crippen molar-refractivity contribution in [2.24, 2.45) is 11.8 Å². The van der Waals surface area contributed by atoms with Gasteiger partial charge in [-0.1, -0.05) is 79.7 Å². The first kappa shape index (κ1) is 29.2. The van der Waals surface area contributed by atoms with E-state index in [-0.39, 0.29) is 41.1 Å². The van der Waals surface area contributed by atoms with Crippen molar-refractivity contribution in [2.75, 3.05) is 0 Å². The monoisotopic (exact) mass is 498 g/mol. The van der Waals surface area contributed by atoms with Crippen molar-refractivity contribution in [2.45, 2.75) is 90.9 Å². The van der Waals surface area contributed by atoms with E-state index in [9.17, 15) is 30.0 Å². The Morgan fingerprint density at radius 1 is 0.722 bits per heavy atom. The van der Waals surface area contributed by atoms with Crippen LogP contribution in [-0.2, 0) is 25.8 Å². The molecule has 0 saturated carbocycles. The zero-order valence-corrected chi connectivity index (χ0v) is 22.8. The lowest BCUT2D eigenvalue weighted by Crippen LogP contribution is -2.39. The molecule has 36 heavy (non-hydrogen) atoms. The van der Waals surface area contributed by atoms with Crippen molar-refractivity contribution in [3.8, 4) is 11.5 Å². The fraction of sp³-hybridized carbons (Fsp3) is 0.533. The van der Waals surface area contributed by atoms with Crippen LogP contribution in [0, 0.1) is 11.8 Å². The molecule has 6 nitrogen and oxygen atoms in total. The molecule has 0 saturated heterocycles. The van der Waals surface area contributed by atoms with Crippen molar-refractivity contribution < 1.29 is 30.0 Å². The number of benzene rings is 2. The Morgan fingerprint density at radius 3 is 1.44 bits per heavy atom. The minimum atomic E-state index is -0.942. The standard InChI is InChI=1S/C30H42O6/c1-18(13-26(33)34)17-30(19(2)14-27(35)36,20-9-11-24(31)22(15-20)28(3,4)5)21-10-12-25(32)23(16-21)29(6,7)8/h9-12,15-16,18-19,31-32H,13-14,17H2,1-8H3,(H,33,34)(H,35,36). The molecule has 0 aliphatic carbocycles. The first-order valence-corrected chi connectivity index (χ1v) is 12.5. The lowest BCUT2D eigenvalue weighted by Gasteiger charge is -2.43. The van der Waals surface area contributed by atoms with Gasteiger partial charge in [0.15, 0.2) is 0 Å². The Morgan fingerprint density at radius 2 is 1.11 bits per heavy atom. The minimum absolute atomic E-state index is 0.0596. The first-order valence-electron chi connectivity index (χ1n) is 12.5. The smallest absolute Gasteiger partial charge is 0.303 e. The van der Waals surface area contributed by atoms with Gasteiger partial charge in [-0.3, -0.25) is 9.59 Å². The molecule has 0 aliphatic rings. The third-order valence-corrected chi connectivity index (χ3v) is 7.15. The second kappa shape index (κ2) is 10.5. The van der Waals surface area contributed by atoms with E-state index in [2.05, 4.69) is 0 Å². The number of aliphatic carboxylic acids is 2. The van der Waals surface area contributed by atoms with Gasteiger partial charge in [0.2, 0.25) is 0 Å². The van der Waals surface area contributed by atoms with E-state index in [1.807, 2.05) is 79.7 Å². The van der Waals surface area contributed by atoms with Gasteiger partial charge in [0.1, 0.15) is 11.5 Å². The Hall–Kier alpha value is -3.02. The number of carboxylic acid groups (broad SMARTS) is 2. The molecule has 0 aliphatic heterocycles. The molecule has 0 radical (unpaired) electrons. The number of hydrogen-bond donors (Lipinski definition) is 4. The Labute approximate surface area is 215 Å². The molecule has 0 fully saturated rings. The molecule has 0 amide bonds. The molecule has 2 rings (SSSR count). The highest BCUT2D eigenvalue weighted by Crippen LogP contribution is 2.49. The molecule has 2 aromatic carbocycles. The topological polar surface area (TPSA) is 115 Å². The zero-order valence-electron chi connectivity index (χ0n) is 22.8. The van der Waals surface area contributed by atoms with Crippen LogP contribution in [0.25, 0.3) is 0 Å². The highest BCUT2D eigenvalue weighted by atomic mass is 16.4. The predicted octanol–water partition coefficient (Wildman–Crippen LogP) is 6.59. The van der Waals surface area contributed by atoms with Crippen LogP contribution in [-0.4, -0.2) is 32.4 Å². The normalized spacial score (nSPS) is 14.3. The number of hydrogen-bond acceptors (Lipinski definition) is 4. The molecule has 0 heterocycles. The van der Waals surface area contributed by atoms with Crippen LogP contribution in [0.5, 0.6) is 11.5 Å². The maximum Gasteiger partial charge on any atom is 0.303 e. The van der Waals surface area contributed by atoms with Crippen LogP contribution >= 0.6 is 0 Å². The van der Waals surface area contributed by atoms with Gasteiger partial charge >= 0.3 is 11.9 Å². The SMILES string of the molecule is CC(CC(=O)O)CC(c1ccc(O)c(C(C)(C)C)c1)(c1ccc(O)c(C(C)(C)C)c1)C(C)CC(=O)O.